The van der Waals surface area contributed by atoms with Gasteiger partial charge in [0.25, 0.3) is 5.91 Å². The fourth-order valence-electron chi connectivity index (χ4n) is 3.88. The average Bonchev–Trinajstić information content (AvgIpc) is 3.12. The van der Waals surface area contributed by atoms with Crippen molar-refractivity contribution >= 4 is 28.7 Å². The van der Waals surface area contributed by atoms with Crippen LogP contribution in [0.25, 0.3) is 0 Å². The number of aromatic nitrogens is 1. The highest BCUT2D eigenvalue weighted by Gasteiger charge is 2.32. The van der Waals surface area contributed by atoms with Gasteiger partial charge in [-0.05, 0) is 32.1 Å². The van der Waals surface area contributed by atoms with Gasteiger partial charge < -0.3 is 29.7 Å². The van der Waals surface area contributed by atoms with E-state index in [1.54, 1.807) is 25.4 Å². The molecule has 0 unspecified atom stereocenters. The first-order valence-corrected chi connectivity index (χ1v) is 10.9. The van der Waals surface area contributed by atoms with Crippen LogP contribution in [-0.4, -0.2) is 55.6 Å². The van der Waals surface area contributed by atoms with Crippen LogP contribution in [-0.2, 0) is 16.0 Å². The number of morpholine rings is 1. The van der Waals surface area contributed by atoms with E-state index in [4.69, 9.17) is 19.6 Å². The predicted molar refractivity (Wildman–Crippen MR) is 128 cm³/mol. The monoisotopic (exact) mass is 451 g/mol. The Hall–Kier alpha value is -3.59. The maximum atomic E-state index is 12.8. The van der Waals surface area contributed by atoms with Gasteiger partial charge in [-0.15, -0.1) is 0 Å². The van der Waals surface area contributed by atoms with Crippen molar-refractivity contribution < 1.29 is 19.0 Å². The number of carbonyl (C=O) groups is 1. The zero-order valence-corrected chi connectivity index (χ0v) is 19.1. The molecule has 0 spiro atoms. The van der Waals surface area contributed by atoms with Gasteiger partial charge in [-0.2, -0.15) is 0 Å². The molecule has 0 radical (unpaired) electrons. The normalized spacial score (nSPS) is 16.8. The lowest BCUT2D eigenvalue weighted by atomic mass is 10.0. The number of rotatable bonds is 7. The molecule has 3 heterocycles. The maximum absolute atomic E-state index is 12.8. The SMILES string of the molecule is COc1ccc(N/C=C\C(=N)C(=O)Nc2cc3c(cc2N2CCOCC2)OC(C)(C)C3)cn1. The van der Waals surface area contributed by atoms with E-state index in [9.17, 15) is 4.79 Å². The number of nitrogens with one attached hydrogen (secondary N) is 3. The molecule has 2 aliphatic heterocycles. The molecule has 1 aromatic heterocycles. The first kappa shape index (κ1) is 22.6. The number of pyridine rings is 1. The molecule has 33 heavy (non-hydrogen) atoms. The van der Waals surface area contributed by atoms with Crippen LogP contribution in [0.3, 0.4) is 0 Å². The summed E-state index contributed by atoms with van der Waals surface area (Å²) in [6.45, 7) is 6.80. The summed E-state index contributed by atoms with van der Waals surface area (Å²) in [5, 5.41) is 14.1. The van der Waals surface area contributed by atoms with Crippen molar-refractivity contribution in [1.29, 1.82) is 5.41 Å². The van der Waals surface area contributed by atoms with Gasteiger partial charge in [-0.25, -0.2) is 4.98 Å². The topological polar surface area (TPSA) is 109 Å². The number of methoxy groups -OCH3 is 1. The molecule has 4 rings (SSSR count). The summed E-state index contributed by atoms with van der Waals surface area (Å²) < 4.78 is 16.6. The summed E-state index contributed by atoms with van der Waals surface area (Å²) in [6.07, 6.45) is 5.31. The summed E-state index contributed by atoms with van der Waals surface area (Å²) >= 11 is 0. The molecule has 2 aromatic rings. The lowest BCUT2D eigenvalue weighted by molar-refractivity contribution is -0.110. The average molecular weight is 452 g/mol. The van der Waals surface area contributed by atoms with Gasteiger partial charge in [0, 0.05) is 43.4 Å². The third-order valence-electron chi connectivity index (χ3n) is 5.47. The van der Waals surface area contributed by atoms with Crippen LogP contribution in [0, 0.1) is 5.41 Å². The summed E-state index contributed by atoms with van der Waals surface area (Å²) in [5.41, 5.74) is 2.85. The number of anilines is 3. The second-order valence-corrected chi connectivity index (χ2v) is 8.55. The Morgan fingerprint density at radius 1 is 1.27 bits per heavy atom. The first-order valence-electron chi connectivity index (χ1n) is 10.9. The number of hydrogen-bond acceptors (Lipinski definition) is 8. The van der Waals surface area contributed by atoms with E-state index in [1.807, 2.05) is 26.0 Å². The van der Waals surface area contributed by atoms with Crippen LogP contribution in [0.15, 0.2) is 42.7 Å². The van der Waals surface area contributed by atoms with E-state index in [0.29, 0.717) is 24.8 Å². The smallest absolute Gasteiger partial charge is 0.273 e. The summed E-state index contributed by atoms with van der Waals surface area (Å²) in [4.78, 5) is 19.1. The van der Waals surface area contributed by atoms with Crippen molar-refractivity contribution in [3.05, 3.63) is 48.3 Å². The molecule has 174 valence electrons. The number of ether oxygens (including phenoxy) is 3. The highest BCUT2D eigenvalue weighted by molar-refractivity contribution is 6.46. The molecule has 9 heteroatoms. The van der Waals surface area contributed by atoms with Crippen LogP contribution in [0.2, 0.25) is 0 Å². The Bertz CT molecular complexity index is 1060. The minimum atomic E-state index is -0.492. The Morgan fingerprint density at radius 2 is 2.06 bits per heavy atom. The van der Waals surface area contributed by atoms with Crippen LogP contribution in [0.4, 0.5) is 17.1 Å². The summed E-state index contributed by atoms with van der Waals surface area (Å²) in [7, 11) is 1.55. The predicted octanol–water partition coefficient (Wildman–Crippen LogP) is 3.22. The molecule has 1 fully saturated rings. The molecule has 0 aliphatic carbocycles. The van der Waals surface area contributed by atoms with E-state index in [1.165, 1.54) is 12.3 Å². The van der Waals surface area contributed by atoms with Crippen molar-refractivity contribution in [2.45, 2.75) is 25.9 Å². The van der Waals surface area contributed by atoms with Crippen molar-refractivity contribution in [1.82, 2.24) is 4.98 Å². The summed E-state index contributed by atoms with van der Waals surface area (Å²) in [5.74, 6) is 0.858. The van der Waals surface area contributed by atoms with E-state index in [-0.39, 0.29) is 11.3 Å². The van der Waals surface area contributed by atoms with E-state index < -0.39 is 5.91 Å². The zero-order valence-electron chi connectivity index (χ0n) is 19.1. The Kier molecular flexibility index (Phi) is 6.50. The third kappa shape index (κ3) is 5.43. The number of fused-ring (bicyclic) bond motifs is 1. The number of nitrogens with zero attached hydrogens (tertiary/aromatic N) is 2. The molecular weight excluding hydrogens is 422 g/mol. The third-order valence-corrected chi connectivity index (χ3v) is 5.47. The van der Waals surface area contributed by atoms with E-state index >= 15 is 0 Å². The van der Waals surface area contributed by atoms with Gasteiger partial charge in [0.2, 0.25) is 5.88 Å². The van der Waals surface area contributed by atoms with Gasteiger partial charge in [-0.1, -0.05) is 0 Å². The molecular formula is C24H29N5O4. The van der Waals surface area contributed by atoms with Crippen molar-refractivity contribution in [3.63, 3.8) is 0 Å². The number of carbonyl (C=O) groups excluding carboxylic acids is 1. The van der Waals surface area contributed by atoms with Crippen LogP contribution in [0.5, 0.6) is 11.6 Å². The van der Waals surface area contributed by atoms with E-state index in [0.717, 1.165) is 42.2 Å². The minimum absolute atomic E-state index is 0.172. The first-order chi connectivity index (χ1) is 15.8. The molecule has 0 saturated carbocycles. The van der Waals surface area contributed by atoms with Crippen LogP contribution in [0.1, 0.15) is 19.4 Å². The van der Waals surface area contributed by atoms with Gasteiger partial charge in [0.1, 0.15) is 17.1 Å². The fraction of sp³-hybridized carbons (Fsp3) is 0.375. The number of amides is 1. The molecule has 1 amide bonds. The molecule has 0 bridgehead atoms. The Morgan fingerprint density at radius 3 is 2.76 bits per heavy atom. The molecule has 9 nitrogen and oxygen atoms in total. The van der Waals surface area contributed by atoms with Crippen molar-refractivity contribution in [2.24, 2.45) is 0 Å². The molecule has 2 aliphatic rings. The second kappa shape index (κ2) is 9.50. The minimum Gasteiger partial charge on any atom is -0.487 e. The maximum Gasteiger partial charge on any atom is 0.273 e. The van der Waals surface area contributed by atoms with Crippen molar-refractivity contribution in [2.75, 3.05) is 48.9 Å². The molecule has 3 N–H and O–H groups in total. The molecule has 0 atom stereocenters. The highest BCUT2D eigenvalue weighted by atomic mass is 16.5. The van der Waals surface area contributed by atoms with Gasteiger partial charge in [-0.3, -0.25) is 10.2 Å². The fourth-order valence-corrected chi connectivity index (χ4v) is 3.88. The highest BCUT2D eigenvalue weighted by Crippen LogP contribution is 2.41. The Labute approximate surface area is 193 Å². The summed E-state index contributed by atoms with van der Waals surface area (Å²) in [6, 6.07) is 7.47. The Balaban J connectivity index is 1.47. The zero-order chi connectivity index (χ0) is 23.4. The number of hydrogen-bond donors (Lipinski definition) is 3. The quantitative estimate of drug-likeness (QED) is 0.555. The van der Waals surface area contributed by atoms with Gasteiger partial charge in [0.05, 0.1) is 43.6 Å². The lowest BCUT2D eigenvalue weighted by Crippen LogP contribution is -2.37. The standard InChI is InChI=1S/C24H29N5O4/c1-24(2)14-16-12-19(20(13-21(16)33-24)29-8-10-32-11-9-29)28-23(30)18(25)6-7-26-17-4-5-22(31-3)27-15-17/h4-7,12-13,15,25-26H,8-11,14H2,1-3H3,(H,28,30)/b7-6-,25-18?. The number of benzene rings is 1. The lowest BCUT2D eigenvalue weighted by Gasteiger charge is -2.31. The molecule has 1 aromatic carbocycles. The second-order valence-electron chi connectivity index (χ2n) is 8.55. The van der Waals surface area contributed by atoms with Gasteiger partial charge in [0.15, 0.2) is 0 Å². The van der Waals surface area contributed by atoms with E-state index in [2.05, 4.69) is 20.5 Å². The largest absolute Gasteiger partial charge is 0.487 e. The van der Waals surface area contributed by atoms with Gasteiger partial charge >= 0.3 is 0 Å². The molecule has 1 saturated heterocycles. The van der Waals surface area contributed by atoms with Crippen LogP contribution < -0.4 is 25.0 Å². The van der Waals surface area contributed by atoms with Crippen molar-refractivity contribution in [3.8, 4) is 11.6 Å². The van der Waals surface area contributed by atoms with Crippen LogP contribution >= 0.6 is 0 Å².